The number of unbranched alkanes of at least 4 members (excludes halogenated alkanes) is 14. The smallest absolute Gasteiger partial charge is 0.303 e. The molecule has 0 aliphatic rings. The number of nitrogens with zero attached hydrogens (tertiary/aromatic N) is 1. The summed E-state index contributed by atoms with van der Waals surface area (Å²) in [5.41, 5.74) is 6.74. The topological polar surface area (TPSA) is 279 Å². The minimum Gasteiger partial charge on any atom is -0.481 e. The summed E-state index contributed by atoms with van der Waals surface area (Å²) in [6, 6.07) is -1.50. The van der Waals surface area contributed by atoms with Crippen molar-refractivity contribution in [2.45, 2.75) is 160 Å². The molecule has 0 bridgehead atoms. The molecule has 1 aromatic rings. The maximum atomic E-state index is 12.7. The lowest BCUT2D eigenvalue weighted by Crippen LogP contribution is -2.49. The minimum atomic E-state index is -0.775. The van der Waals surface area contributed by atoms with Crippen molar-refractivity contribution in [2.75, 3.05) is 79.0 Å². The number of Topliss-reactive ketones (excluding diaryl/α,β-unsaturated/α-hetero) is 3. The Kier molecular flexibility index (Phi) is 38.3. The number of rotatable bonds is 48. The Balaban J connectivity index is 1.91. The Morgan fingerprint density at radius 3 is 1.71 bits per heavy atom. The molecule has 0 fully saturated rings. The molecule has 1 aromatic heterocycles. The van der Waals surface area contributed by atoms with Crippen molar-refractivity contribution in [3.63, 3.8) is 0 Å². The third-order valence-corrected chi connectivity index (χ3v) is 10.6. The monoisotopic (exact) mass is 938 g/mol. The second kappa shape index (κ2) is 42.2. The first-order valence-electron chi connectivity index (χ1n) is 24.3. The zero-order valence-electron chi connectivity index (χ0n) is 39.8. The van der Waals surface area contributed by atoms with Gasteiger partial charge in [-0.05, 0) is 45.4 Å². The standard InChI is InChI=1S/C47H83N7O12/c1-38(55)32-53-47(62)42(52-34-43(57)41(48)31-39-33-49-37-54-39)21-16-17-23-50-44(58)35-66-30-28-64-26-24-51-45(59)36-65-29-27-63-25-18-20-40(56)19-14-12-10-8-6-4-2-3-5-7-9-11-13-15-22-46(60)61/h33,37,41-42,52H,2-32,34-36,48H2,1H3,(H,49,54)(H,50,58)(H,51,59)(H,53,62)(H,60,61)/t41-,42-/m0/s1. The van der Waals surface area contributed by atoms with E-state index in [4.69, 9.17) is 29.8 Å². The Labute approximate surface area is 392 Å². The molecule has 19 heteroatoms. The third-order valence-electron chi connectivity index (χ3n) is 10.6. The van der Waals surface area contributed by atoms with E-state index in [2.05, 4.69) is 31.2 Å². The van der Waals surface area contributed by atoms with Gasteiger partial charge in [0.15, 0.2) is 5.78 Å². The van der Waals surface area contributed by atoms with Crippen molar-refractivity contribution in [3.05, 3.63) is 18.2 Å². The van der Waals surface area contributed by atoms with Crippen LogP contribution in [0.3, 0.4) is 0 Å². The van der Waals surface area contributed by atoms with Crippen LogP contribution in [0.15, 0.2) is 12.5 Å². The van der Waals surface area contributed by atoms with Crippen LogP contribution in [0, 0.1) is 0 Å². The van der Waals surface area contributed by atoms with E-state index in [9.17, 15) is 33.6 Å². The highest BCUT2D eigenvalue weighted by Crippen LogP contribution is 2.14. The Bertz CT molecular complexity index is 1450. The van der Waals surface area contributed by atoms with Gasteiger partial charge in [-0.15, -0.1) is 0 Å². The van der Waals surface area contributed by atoms with Gasteiger partial charge in [0.1, 0.15) is 24.8 Å². The lowest BCUT2D eigenvalue weighted by atomic mass is 10.0. The van der Waals surface area contributed by atoms with E-state index in [-0.39, 0.29) is 88.3 Å². The molecule has 0 unspecified atom stereocenters. The summed E-state index contributed by atoms with van der Waals surface area (Å²) in [4.78, 5) is 90.2. The zero-order chi connectivity index (χ0) is 48.3. The predicted molar refractivity (Wildman–Crippen MR) is 250 cm³/mol. The largest absolute Gasteiger partial charge is 0.481 e. The third kappa shape index (κ3) is 38.0. The van der Waals surface area contributed by atoms with E-state index < -0.39 is 24.0 Å². The molecule has 0 saturated carbocycles. The number of aromatic amines is 1. The summed E-state index contributed by atoms with van der Waals surface area (Å²) in [6.45, 7) is 3.33. The van der Waals surface area contributed by atoms with Crippen LogP contribution in [0.25, 0.3) is 0 Å². The molecule has 2 atom stereocenters. The van der Waals surface area contributed by atoms with Crippen LogP contribution in [-0.4, -0.2) is 147 Å². The lowest BCUT2D eigenvalue weighted by molar-refractivity contribution is -0.137. The minimum absolute atomic E-state index is 0.0993. The number of carboxylic acid groups (broad SMARTS) is 1. The van der Waals surface area contributed by atoms with E-state index >= 15 is 0 Å². The van der Waals surface area contributed by atoms with Gasteiger partial charge in [-0.3, -0.25) is 38.9 Å². The molecular weight excluding hydrogens is 855 g/mol. The molecule has 0 aromatic carbocycles. The average Bonchev–Trinajstić information content (AvgIpc) is 3.80. The summed E-state index contributed by atoms with van der Waals surface area (Å²) in [6.07, 6.45) is 23.3. The first-order valence-corrected chi connectivity index (χ1v) is 24.3. The highest BCUT2D eigenvalue weighted by atomic mass is 16.5. The van der Waals surface area contributed by atoms with Gasteiger partial charge in [-0.1, -0.05) is 77.0 Å². The average molecular weight is 938 g/mol. The number of amides is 3. The molecule has 19 nitrogen and oxygen atoms in total. The fraction of sp³-hybridized carbons (Fsp3) is 0.787. The molecule has 0 aliphatic heterocycles. The summed E-state index contributed by atoms with van der Waals surface area (Å²) in [7, 11) is 0. The van der Waals surface area contributed by atoms with Crippen LogP contribution in [0.5, 0.6) is 0 Å². The Hall–Kier alpha value is -4.14. The van der Waals surface area contributed by atoms with Gasteiger partial charge >= 0.3 is 5.97 Å². The molecule has 1 heterocycles. The van der Waals surface area contributed by atoms with Crippen molar-refractivity contribution >= 4 is 41.0 Å². The number of H-pyrrole nitrogens is 1. The highest BCUT2D eigenvalue weighted by molar-refractivity contribution is 5.89. The summed E-state index contributed by atoms with van der Waals surface area (Å²) < 4.78 is 21.7. The number of ether oxygens (including phenoxy) is 4. The molecule has 3 amide bonds. The molecule has 66 heavy (non-hydrogen) atoms. The van der Waals surface area contributed by atoms with Gasteiger partial charge in [-0.2, -0.15) is 0 Å². The van der Waals surface area contributed by atoms with Crippen molar-refractivity contribution in [3.8, 4) is 0 Å². The fourth-order valence-electron chi connectivity index (χ4n) is 6.81. The number of ketones is 3. The first-order chi connectivity index (χ1) is 32.0. The van der Waals surface area contributed by atoms with Gasteiger partial charge < -0.3 is 50.7 Å². The van der Waals surface area contributed by atoms with Crippen molar-refractivity contribution in [1.29, 1.82) is 0 Å². The second-order valence-corrected chi connectivity index (χ2v) is 16.7. The number of aromatic nitrogens is 2. The predicted octanol–water partition coefficient (Wildman–Crippen LogP) is 3.66. The molecule has 0 spiro atoms. The number of carbonyl (C=O) groups is 7. The number of carbonyl (C=O) groups excluding carboxylic acids is 6. The summed E-state index contributed by atoms with van der Waals surface area (Å²) in [5.74, 6) is -1.85. The van der Waals surface area contributed by atoms with Crippen LogP contribution < -0.4 is 27.0 Å². The summed E-state index contributed by atoms with van der Waals surface area (Å²) >= 11 is 0. The normalized spacial score (nSPS) is 12.1. The van der Waals surface area contributed by atoms with E-state index in [1.807, 2.05) is 0 Å². The number of aliphatic carboxylic acids is 1. The zero-order valence-corrected chi connectivity index (χ0v) is 39.8. The molecule has 0 saturated heterocycles. The number of hydrogen-bond donors (Lipinski definition) is 7. The molecule has 8 N–H and O–H groups in total. The summed E-state index contributed by atoms with van der Waals surface area (Å²) in [5, 5.41) is 19.6. The van der Waals surface area contributed by atoms with Gasteiger partial charge in [0.2, 0.25) is 17.7 Å². The van der Waals surface area contributed by atoms with Crippen LogP contribution in [-0.2, 0) is 58.9 Å². The van der Waals surface area contributed by atoms with Gasteiger partial charge in [0.25, 0.3) is 0 Å². The maximum Gasteiger partial charge on any atom is 0.303 e. The van der Waals surface area contributed by atoms with E-state index in [0.29, 0.717) is 71.2 Å². The first kappa shape index (κ1) is 59.9. The van der Waals surface area contributed by atoms with E-state index in [1.54, 1.807) is 6.20 Å². The van der Waals surface area contributed by atoms with Crippen LogP contribution in [0.1, 0.15) is 147 Å². The SMILES string of the molecule is CC(=O)CNC(=O)[C@H](CCCCNC(=O)COCCOCCNC(=O)COCCOCCCC(=O)CCCCCCCCCCCCCCCCC(=O)O)NCC(=O)[C@@H](N)Cc1cnc[nH]1. The maximum absolute atomic E-state index is 12.7. The molecular formula is C47H83N7O12. The van der Waals surface area contributed by atoms with E-state index in [0.717, 1.165) is 37.8 Å². The number of nitrogens with one attached hydrogen (secondary N) is 5. The second-order valence-electron chi connectivity index (χ2n) is 16.7. The van der Waals surface area contributed by atoms with Crippen LogP contribution >= 0.6 is 0 Å². The number of hydrogen-bond acceptors (Lipinski definition) is 14. The molecule has 1 rings (SSSR count). The number of nitrogens with two attached hydrogens (primary N) is 1. The fourth-order valence-corrected chi connectivity index (χ4v) is 6.81. The number of imidazole rings is 1. The van der Waals surface area contributed by atoms with Gasteiger partial charge in [0, 0.05) is 57.3 Å². The number of carboxylic acids is 1. The van der Waals surface area contributed by atoms with Gasteiger partial charge in [0.05, 0.1) is 64.5 Å². The van der Waals surface area contributed by atoms with Crippen molar-refractivity contribution < 1.29 is 57.6 Å². The van der Waals surface area contributed by atoms with Crippen LogP contribution in [0.4, 0.5) is 0 Å². The molecule has 0 aliphatic carbocycles. The highest BCUT2D eigenvalue weighted by Gasteiger charge is 2.21. The molecule has 378 valence electrons. The molecule has 0 radical (unpaired) electrons. The van der Waals surface area contributed by atoms with Gasteiger partial charge in [-0.25, -0.2) is 4.98 Å². The van der Waals surface area contributed by atoms with Crippen molar-refractivity contribution in [2.24, 2.45) is 5.73 Å². The lowest BCUT2D eigenvalue weighted by Gasteiger charge is -2.19. The quantitative estimate of drug-likeness (QED) is 0.0460. The van der Waals surface area contributed by atoms with E-state index in [1.165, 1.54) is 71.0 Å². The van der Waals surface area contributed by atoms with Crippen LogP contribution in [0.2, 0.25) is 0 Å². The Morgan fingerprint density at radius 2 is 1.15 bits per heavy atom. The van der Waals surface area contributed by atoms with Crippen molar-refractivity contribution in [1.82, 2.24) is 31.2 Å². The Morgan fingerprint density at radius 1 is 0.621 bits per heavy atom.